The Morgan fingerprint density at radius 1 is 1.29 bits per heavy atom. The molecule has 0 saturated carbocycles. The van der Waals surface area contributed by atoms with Gasteiger partial charge < -0.3 is 24.8 Å². The molecule has 1 aromatic rings. The van der Waals surface area contributed by atoms with E-state index in [-0.39, 0.29) is 18.7 Å². The molecule has 1 saturated heterocycles. The highest BCUT2D eigenvalue weighted by atomic mass is 16.6. The SMILES string of the molecule is CC(C)(C)OC(=O)N1CC(O)C(NCCOCc2ccccc2)C1. The molecular formula is C18H28N2O4. The van der Waals surface area contributed by atoms with Crippen molar-refractivity contribution in [2.75, 3.05) is 26.2 Å². The number of carbonyl (C=O) groups excluding carboxylic acids is 1. The fourth-order valence-electron chi connectivity index (χ4n) is 2.54. The number of β-amino-alcohol motifs (C(OH)–C–C–N with tert-alkyl or cyclic N) is 1. The lowest BCUT2D eigenvalue weighted by molar-refractivity contribution is 0.0270. The van der Waals surface area contributed by atoms with Crippen molar-refractivity contribution in [3.8, 4) is 0 Å². The second-order valence-electron chi connectivity index (χ2n) is 7.05. The van der Waals surface area contributed by atoms with Crippen LogP contribution in [0.5, 0.6) is 0 Å². The maximum atomic E-state index is 12.0. The van der Waals surface area contributed by atoms with Crippen LogP contribution in [0.15, 0.2) is 30.3 Å². The number of aliphatic hydroxyl groups excluding tert-OH is 1. The highest BCUT2D eigenvalue weighted by Crippen LogP contribution is 2.15. The molecule has 1 amide bonds. The first-order valence-corrected chi connectivity index (χ1v) is 8.36. The third kappa shape index (κ3) is 6.11. The topological polar surface area (TPSA) is 71.0 Å². The molecule has 2 atom stereocenters. The summed E-state index contributed by atoms with van der Waals surface area (Å²) in [6, 6.07) is 9.83. The number of likely N-dealkylation sites (tertiary alicyclic amines) is 1. The first kappa shape index (κ1) is 18.7. The van der Waals surface area contributed by atoms with Crippen LogP contribution in [-0.4, -0.2) is 60.1 Å². The number of carbonyl (C=O) groups is 1. The fraction of sp³-hybridized carbons (Fsp3) is 0.611. The summed E-state index contributed by atoms with van der Waals surface area (Å²) >= 11 is 0. The van der Waals surface area contributed by atoms with E-state index in [1.54, 1.807) is 4.90 Å². The van der Waals surface area contributed by atoms with Crippen LogP contribution in [0, 0.1) is 0 Å². The molecule has 0 bridgehead atoms. The Balaban J connectivity index is 1.65. The zero-order valence-corrected chi connectivity index (χ0v) is 14.7. The number of rotatable bonds is 6. The Morgan fingerprint density at radius 3 is 2.67 bits per heavy atom. The normalized spacial score (nSPS) is 21.1. The summed E-state index contributed by atoms with van der Waals surface area (Å²) in [6.45, 7) is 7.96. The molecule has 2 N–H and O–H groups in total. The van der Waals surface area contributed by atoms with Gasteiger partial charge in [-0.2, -0.15) is 0 Å². The molecular weight excluding hydrogens is 308 g/mol. The molecule has 1 aliphatic rings. The van der Waals surface area contributed by atoms with Crippen LogP contribution in [0.2, 0.25) is 0 Å². The quantitative estimate of drug-likeness (QED) is 0.775. The number of hydrogen-bond donors (Lipinski definition) is 2. The summed E-state index contributed by atoms with van der Waals surface area (Å²) in [4.78, 5) is 13.6. The summed E-state index contributed by atoms with van der Waals surface area (Å²) in [7, 11) is 0. The molecule has 1 heterocycles. The number of nitrogens with zero attached hydrogens (tertiary/aromatic N) is 1. The largest absolute Gasteiger partial charge is 0.444 e. The number of aliphatic hydroxyl groups is 1. The minimum absolute atomic E-state index is 0.155. The third-order valence-corrected chi connectivity index (χ3v) is 3.71. The molecule has 1 aliphatic heterocycles. The Labute approximate surface area is 143 Å². The molecule has 1 fully saturated rings. The lowest BCUT2D eigenvalue weighted by atomic mass is 10.2. The molecule has 134 valence electrons. The van der Waals surface area contributed by atoms with Gasteiger partial charge >= 0.3 is 6.09 Å². The predicted molar refractivity (Wildman–Crippen MR) is 91.7 cm³/mol. The maximum Gasteiger partial charge on any atom is 0.410 e. The average Bonchev–Trinajstić information content (AvgIpc) is 2.88. The van der Waals surface area contributed by atoms with Gasteiger partial charge in [-0.3, -0.25) is 0 Å². The Morgan fingerprint density at radius 2 is 2.00 bits per heavy atom. The van der Waals surface area contributed by atoms with Gasteiger partial charge in [0.2, 0.25) is 0 Å². The van der Waals surface area contributed by atoms with Crippen LogP contribution in [-0.2, 0) is 16.1 Å². The van der Waals surface area contributed by atoms with Crippen LogP contribution in [0.1, 0.15) is 26.3 Å². The number of nitrogens with one attached hydrogen (secondary N) is 1. The summed E-state index contributed by atoms with van der Waals surface area (Å²) in [6.07, 6.45) is -0.974. The predicted octanol–water partition coefficient (Wildman–Crippen LogP) is 1.77. The summed E-state index contributed by atoms with van der Waals surface area (Å²) in [5.74, 6) is 0. The zero-order chi connectivity index (χ0) is 17.6. The van der Waals surface area contributed by atoms with Gasteiger partial charge in [-0.25, -0.2) is 4.79 Å². The van der Waals surface area contributed by atoms with E-state index < -0.39 is 11.7 Å². The Bertz CT molecular complexity index is 516. The zero-order valence-electron chi connectivity index (χ0n) is 14.7. The van der Waals surface area contributed by atoms with E-state index in [4.69, 9.17) is 9.47 Å². The van der Waals surface area contributed by atoms with Gasteiger partial charge in [-0.15, -0.1) is 0 Å². The molecule has 0 radical (unpaired) electrons. The second kappa shape index (κ2) is 8.46. The lowest BCUT2D eigenvalue weighted by Gasteiger charge is -2.24. The van der Waals surface area contributed by atoms with Crippen LogP contribution < -0.4 is 5.32 Å². The summed E-state index contributed by atoms with van der Waals surface area (Å²) in [5.41, 5.74) is 0.605. The van der Waals surface area contributed by atoms with Crippen molar-refractivity contribution in [3.63, 3.8) is 0 Å². The van der Waals surface area contributed by atoms with E-state index in [1.807, 2.05) is 51.1 Å². The minimum Gasteiger partial charge on any atom is -0.444 e. The summed E-state index contributed by atoms with van der Waals surface area (Å²) < 4.78 is 10.9. The first-order valence-electron chi connectivity index (χ1n) is 8.36. The third-order valence-electron chi connectivity index (χ3n) is 3.71. The van der Waals surface area contributed by atoms with Crippen molar-refractivity contribution in [1.82, 2.24) is 10.2 Å². The molecule has 6 nitrogen and oxygen atoms in total. The van der Waals surface area contributed by atoms with Gasteiger partial charge in [0.15, 0.2) is 0 Å². The first-order chi connectivity index (χ1) is 11.3. The number of benzene rings is 1. The number of amides is 1. The van der Waals surface area contributed by atoms with Crippen molar-refractivity contribution in [3.05, 3.63) is 35.9 Å². The van der Waals surface area contributed by atoms with Crippen molar-refractivity contribution in [2.45, 2.75) is 45.1 Å². The van der Waals surface area contributed by atoms with E-state index in [2.05, 4.69) is 5.32 Å². The van der Waals surface area contributed by atoms with E-state index in [0.29, 0.717) is 26.3 Å². The van der Waals surface area contributed by atoms with Crippen LogP contribution >= 0.6 is 0 Å². The van der Waals surface area contributed by atoms with Crippen LogP contribution in [0.25, 0.3) is 0 Å². The van der Waals surface area contributed by atoms with Gasteiger partial charge in [-0.05, 0) is 26.3 Å². The second-order valence-corrected chi connectivity index (χ2v) is 7.05. The van der Waals surface area contributed by atoms with Gasteiger partial charge in [0.05, 0.1) is 31.9 Å². The van der Waals surface area contributed by atoms with E-state index in [9.17, 15) is 9.90 Å². The molecule has 1 aromatic carbocycles. The monoisotopic (exact) mass is 336 g/mol. The van der Waals surface area contributed by atoms with E-state index in [1.165, 1.54) is 0 Å². The van der Waals surface area contributed by atoms with Crippen molar-refractivity contribution in [1.29, 1.82) is 0 Å². The summed E-state index contributed by atoms with van der Waals surface area (Å²) in [5, 5.41) is 13.3. The average molecular weight is 336 g/mol. The van der Waals surface area contributed by atoms with Crippen molar-refractivity contribution in [2.24, 2.45) is 0 Å². The molecule has 0 aromatic heterocycles. The molecule has 0 spiro atoms. The minimum atomic E-state index is -0.591. The highest BCUT2D eigenvalue weighted by molar-refractivity contribution is 5.68. The van der Waals surface area contributed by atoms with Gasteiger partial charge in [0, 0.05) is 13.1 Å². The van der Waals surface area contributed by atoms with Crippen molar-refractivity contribution >= 4 is 6.09 Å². The van der Waals surface area contributed by atoms with Gasteiger partial charge in [-0.1, -0.05) is 30.3 Å². The lowest BCUT2D eigenvalue weighted by Crippen LogP contribution is -2.41. The number of ether oxygens (including phenoxy) is 2. The standard InChI is InChI=1S/C18H28N2O4/c1-18(2,3)24-17(22)20-11-15(16(21)12-20)19-9-10-23-13-14-7-5-4-6-8-14/h4-8,15-16,19,21H,9-13H2,1-3H3. The molecule has 2 unspecified atom stereocenters. The maximum absolute atomic E-state index is 12.0. The van der Waals surface area contributed by atoms with Gasteiger partial charge in [0.25, 0.3) is 0 Å². The smallest absolute Gasteiger partial charge is 0.410 e. The Kier molecular flexibility index (Phi) is 6.60. The van der Waals surface area contributed by atoms with Gasteiger partial charge in [0.1, 0.15) is 5.60 Å². The molecule has 6 heteroatoms. The fourth-order valence-corrected chi connectivity index (χ4v) is 2.54. The molecule has 24 heavy (non-hydrogen) atoms. The van der Waals surface area contributed by atoms with Crippen LogP contribution in [0.4, 0.5) is 4.79 Å². The van der Waals surface area contributed by atoms with Crippen molar-refractivity contribution < 1.29 is 19.4 Å². The van der Waals surface area contributed by atoms with Crippen LogP contribution in [0.3, 0.4) is 0 Å². The molecule has 2 rings (SSSR count). The Hall–Kier alpha value is -1.63. The highest BCUT2D eigenvalue weighted by Gasteiger charge is 2.35. The number of hydrogen-bond acceptors (Lipinski definition) is 5. The van der Waals surface area contributed by atoms with E-state index in [0.717, 1.165) is 5.56 Å². The molecule has 0 aliphatic carbocycles. The van der Waals surface area contributed by atoms with E-state index >= 15 is 0 Å².